The van der Waals surface area contributed by atoms with E-state index in [1.165, 1.54) is 5.56 Å². The Hall–Kier alpha value is -1.56. The molecule has 0 radical (unpaired) electrons. The molecule has 0 spiro atoms. The fourth-order valence-corrected chi connectivity index (χ4v) is 4.63. The molecule has 5 heteroatoms. The lowest BCUT2D eigenvalue weighted by Crippen LogP contribution is -2.52. The van der Waals surface area contributed by atoms with Crippen LogP contribution in [0.1, 0.15) is 17.5 Å². The molecule has 2 aliphatic heterocycles. The van der Waals surface area contributed by atoms with Crippen LogP contribution < -0.4 is 9.47 Å². The van der Waals surface area contributed by atoms with Crippen molar-refractivity contribution in [1.29, 1.82) is 0 Å². The Kier molecular flexibility index (Phi) is 3.41. The second-order valence-electron chi connectivity index (χ2n) is 6.63. The highest BCUT2D eigenvalue weighted by molar-refractivity contribution is 5.56. The number of aliphatic hydroxyl groups excluding tert-OH is 1. The summed E-state index contributed by atoms with van der Waals surface area (Å²) in [5.41, 5.74) is 1.99. The summed E-state index contributed by atoms with van der Waals surface area (Å²) in [6.45, 7) is 1.51. The lowest BCUT2D eigenvalue weighted by Gasteiger charge is -2.46. The maximum Gasteiger partial charge on any atom is 0.161 e. The third-order valence-electron chi connectivity index (χ3n) is 5.75. The number of aliphatic hydroxyl groups is 1. The first-order valence-corrected chi connectivity index (χ1v) is 8.03. The van der Waals surface area contributed by atoms with Gasteiger partial charge in [0.25, 0.3) is 0 Å². The van der Waals surface area contributed by atoms with Crippen molar-refractivity contribution in [2.75, 3.05) is 27.9 Å². The van der Waals surface area contributed by atoms with E-state index in [9.17, 15) is 5.11 Å². The van der Waals surface area contributed by atoms with Gasteiger partial charge in [-0.1, -0.05) is 12.2 Å². The molecule has 5 nitrogen and oxygen atoms in total. The molecule has 2 bridgehead atoms. The van der Waals surface area contributed by atoms with E-state index in [0.29, 0.717) is 12.3 Å². The highest BCUT2D eigenvalue weighted by atomic mass is 16.5. The van der Waals surface area contributed by atoms with Crippen LogP contribution in [0.15, 0.2) is 24.3 Å². The van der Waals surface area contributed by atoms with Gasteiger partial charge >= 0.3 is 0 Å². The fourth-order valence-electron chi connectivity index (χ4n) is 4.63. The maximum atomic E-state index is 10.9. The SMILES string of the molecule is COc1cc2c(cc1OC)[C@@]13C=C[C@@H](OC)C[C@@H]1N(C2)C[C@@H]3O. The standard InChI is InChI=1S/C18H23NO4/c1-21-12-4-5-18-13-8-15(23-3)14(22-2)6-11(13)9-19(10-17(18)20)16(18)7-12/h4-6,8,12,16-17,20H,7,9-10H2,1-3H3/t12-,16+,17+,18+/m1/s1. The second-order valence-corrected chi connectivity index (χ2v) is 6.63. The van der Waals surface area contributed by atoms with Gasteiger partial charge in [-0.05, 0) is 29.7 Å². The van der Waals surface area contributed by atoms with Crippen LogP contribution in [0.25, 0.3) is 0 Å². The van der Waals surface area contributed by atoms with Crippen LogP contribution in [0, 0.1) is 0 Å². The molecule has 23 heavy (non-hydrogen) atoms. The molecular weight excluding hydrogens is 294 g/mol. The molecule has 3 aliphatic rings. The number of benzene rings is 1. The average Bonchev–Trinajstić information content (AvgIpc) is 2.80. The second kappa shape index (κ2) is 5.23. The molecule has 124 valence electrons. The smallest absolute Gasteiger partial charge is 0.161 e. The quantitative estimate of drug-likeness (QED) is 0.856. The lowest BCUT2D eigenvalue weighted by molar-refractivity contribution is 0.0659. The zero-order valence-electron chi connectivity index (χ0n) is 13.8. The number of methoxy groups -OCH3 is 3. The summed E-state index contributed by atoms with van der Waals surface area (Å²) in [4.78, 5) is 2.37. The Labute approximate surface area is 136 Å². The fraction of sp³-hybridized carbons (Fsp3) is 0.556. The summed E-state index contributed by atoms with van der Waals surface area (Å²) in [7, 11) is 5.05. The van der Waals surface area contributed by atoms with E-state index in [2.05, 4.69) is 17.1 Å². The summed E-state index contributed by atoms with van der Waals surface area (Å²) >= 11 is 0. The number of nitrogens with zero attached hydrogens (tertiary/aromatic N) is 1. The third-order valence-corrected chi connectivity index (χ3v) is 5.75. The van der Waals surface area contributed by atoms with E-state index in [1.54, 1.807) is 21.3 Å². The first kappa shape index (κ1) is 15.0. The van der Waals surface area contributed by atoms with Crippen LogP contribution in [0.5, 0.6) is 11.5 Å². The van der Waals surface area contributed by atoms with Crippen LogP contribution in [0.3, 0.4) is 0 Å². The molecular formula is C18H23NO4. The Balaban J connectivity index is 1.91. The summed E-state index contributed by atoms with van der Waals surface area (Å²) in [6, 6.07) is 4.36. The normalized spacial score (nSPS) is 37.2. The number of rotatable bonds is 3. The van der Waals surface area contributed by atoms with Gasteiger partial charge < -0.3 is 19.3 Å². The lowest BCUT2D eigenvalue weighted by atomic mass is 9.65. The minimum absolute atomic E-state index is 0.114. The van der Waals surface area contributed by atoms with E-state index in [4.69, 9.17) is 14.2 Å². The molecule has 1 fully saturated rings. The summed E-state index contributed by atoms with van der Waals surface area (Å²) in [5.74, 6) is 1.46. The van der Waals surface area contributed by atoms with Crippen molar-refractivity contribution in [1.82, 2.24) is 4.90 Å². The van der Waals surface area contributed by atoms with Gasteiger partial charge in [-0.15, -0.1) is 0 Å². The predicted molar refractivity (Wildman–Crippen MR) is 86.0 cm³/mol. The number of fused-ring (bicyclic) bond motifs is 1. The predicted octanol–water partition coefficient (Wildman–Crippen LogP) is 1.48. The number of hydrogen-bond acceptors (Lipinski definition) is 5. The van der Waals surface area contributed by atoms with Gasteiger partial charge in [0, 0.05) is 26.2 Å². The van der Waals surface area contributed by atoms with Gasteiger partial charge in [-0.3, -0.25) is 4.90 Å². The number of hydrogen-bond donors (Lipinski definition) is 1. The Morgan fingerprint density at radius 1 is 1.17 bits per heavy atom. The maximum absolute atomic E-state index is 10.9. The largest absolute Gasteiger partial charge is 0.493 e. The highest BCUT2D eigenvalue weighted by Crippen LogP contribution is 2.53. The van der Waals surface area contributed by atoms with Gasteiger partial charge in [-0.2, -0.15) is 0 Å². The molecule has 1 aliphatic carbocycles. The van der Waals surface area contributed by atoms with Crippen molar-refractivity contribution in [3.8, 4) is 11.5 Å². The first-order chi connectivity index (χ1) is 11.1. The van der Waals surface area contributed by atoms with Gasteiger partial charge in [0.2, 0.25) is 0 Å². The molecule has 4 rings (SSSR count). The van der Waals surface area contributed by atoms with E-state index >= 15 is 0 Å². The Morgan fingerprint density at radius 2 is 1.91 bits per heavy atom. The van der Waals surface area contributed by atoms with Gasteiger partial charge in [0.1, 0.15) is 0 Å². The first-order valence-electron chi connectivity index (χ1n) is 8.03. The summed E-state index contributed by atoms with van der Waals surface area (Å²) < 4.78 is 16.5. The monoisotopic (exact) mass is 317 g/mol. The van der Waals surface area contributed by atoms with Gasteiger partial charge in [-0.25, -0.2) is 0 Å². The van der Waals surface area contributed by atoms with Crippen LogP contribution >= 0.6 is 0 Å². The van der Waals surface area contributed by atoms with E-state index in [1.807, 2.05) is 12.1 Å². The minimum Gasteiger partial charge on any atom is -0.493 e. The Bertz CT molecular complexity index is 659. The topological polar surface area (TPSA) is 51.2 Å². The molecule has 1 unspecified atom stereocenters. The van der Waals surface area contributed by atoms with Crippen molar-refractivity contribution in [3.05, 3.63) is 35.4 Å². The zero-order valence-corrected chi connectivity index (χ0v) is 13.8. The number of ether oxygens (including phenoxy) is 3. The minimum atomic E-state index is -0.416. The Morgan fingerprint density at radius 3 is 2.61 bits per heavy atom. The van der Waals surface area contributed by atoms with Crippen molar-refractivity contribution < 1.29 is 19.3 Å². The summed E-state index contributed by atoms with van der Waals surface area (Å²) in [6.07, 6.45) is 4.85. The van der Waals surface area contributed by atoms with Crippen LogP contribution in [0.2, 0.25) is 0 Å². The van der Waals surface area contributed by atoms with Crippen molar-refractivity contribution in [3.63, 3.8) is 0 Å². The van der Waals surface area contributed by atoms with E-state index < -0.39 is 6.10 Å². The van der Waals surface area contributed by atoms with E-state index in [-0.39, 0.29) is 17.6 Å². The molecule has 1 saturated heterocycles. The van der Waals surface area contributed by atoms with E-state index in [0.717, 1.165) is 24.3 Å². The molecule has 0 aromatic heterocycles. The molecule has 0 saturated carbocycles. The molecule has 1 aromatic rings. The molecule has 2 heterocycles. The molecule has 0 amide bonds. The molecule has 1 aromatic carbocycles. The van der Waals surface area contributed by atoms with Crippen molar-refractivity contribution >= 4 is 0 Å². The van der Waals surface area contributed by atoms with Crippen LogP contribution in [0.4, 0.5) is 0 Å². The van der Waals surface area contributed by atoms with Gasteiger partial charge in [0.05, 0.1) is 31.8 Å². The molecule has 5 atom stereocenters. The third kappa shape index (κ3) is 1.90. The van der Waals surface area contributed by atoms with Crippen molar-refractivity contribution in [2.45, 2.75) is 36.6 Å². The van der Waals surface area contributed by atoms with Gasteiger partial charge in [0.15, 0.2) is 11.5 Å². The zero-order chi connectivity index (χ0) is 16.2. The van der Waals surface area contributed by atoms with Crippen LogP contribution in [-0.4, -0.2) is 56.1 Å². The van der Waals surface area contributed by atoms with Crippen molar-refractivity contribution in [2.24, 2.45) is 0 Å². The summed E-state index contributed by atoms with van der Waals surface area (Å²) in [5, 5.41) is 10.9. The average molecular weight is 317 g/mol. The van der Waals surface area contributed by atoms with Crippen LogP contribution in [-0.2, 0) is 16.7 Å². The molecule has 1 N–H and O–H groups in total. The highest BCUT2D eigenvalue weighted by Gasteiger charge is 2.58.